The van der Waals surface area contributed by atoms with Crippen LogP contribution in [0.1, 0.15) is 17.0 Å². The van der Waals surface area contributed by atoms with Crippen molar-refractivity contribution in [2.75, 3.05) is 7.05 Å². The van der Waals surface area contributed by atoms with Crippen LogP contribution >= 0.6 is 0 Å². The summed E-state index contributed by atoms with van der Waals surface area (Å²) in [6.45, 7) is 2.23. The fraction of sp³-hybridized carbons (Fsp3) is 0.150. The summed E-state index contributed by atoms with van der Waals surface area (Å²) in [6, 6.07) is 15.0. The lowest BCUT2D eigenvalue weighted by molar-refractivity contribution is -0.125. The third kappa shape index (κ3) is 3.83. The largest absolute Gasteiger partial charge is 0.335 e. The number of H-pyrrole nitrogens is 1. The van der Waals surface area contributed by atoms with Gasteiger partial charge in [-0.05, 0) is 36.3 Å². The number of aromatic nitrogens is 2. The van der Waals surface area contributed by atoms with Crippen LogP contribution in [0.2, 0.25) is 0 Å². The lowest BCUT2D eigenvalue weighted by atomic mass is 10.1. The van der Waals surface area contributed by atoms with Crippen molar-refractivity contribution in [2.24, 2.45) is 0 Å². The summed E-state index contributed by atoms with van der Waals surface area (Å²) in [5, 5.41) is 0.541. The fourth-order valence-electron chi connectivity index (χ4n) is 2.57. The van der Waals surface area contributed by atoms with Crippen molar-refractivity contribution in [3.05, 3.63) is 81.9 Å². The maximum Gasteiger partial charge on any atom is 0.258 e. The minimum atomic E-state index is -0.197. The summed E-state index contributed by atoms with van der Waals surface area (Å²) in [7, 11) is 1.68. The Morgan fingerprint density at radius 2 is 1.88 bits per heavy atom. The Labute approximate surface area is 145 Å². The summed E-state index contributed by atoms with van der Waals surface area (Å²) in [4.78, 5) is 33.1. The summed E-state index contributed by atoms with van der Waals surface area (Å²) < 4.78 is 0. The highest BCUT2D eigenvalue weighted by Crippen LogP contribution is 2.10. The zero-order valence-corrected chi connectivity index (χ0v) is 14.2. The van der Waals surface area contributed by atoms with E-state index in [-0.39, 0.29) is 18.0 Å². The quantitative estimate of drug-likeness (QED) is 0.747. The van der Waals surface area contributed by atoms with Gasteiger partial charge in [-0.1, -0.05) is 36.4 Å². The first-order chi connectivity index (χ1) is 12.0. The van der Waals surface area contributed by atoms with Crippen molar-refractivity contribution in [3.8, 4) is 0 Å². The van der Waals surface area contributed by atoms with Gasteiger partial charge in [0.15, 0.2) is 0 Å². The van der Waals surface area contributed by atoms with Crippen LogP contribution in [0, 0.1) is 6.92 Å². The molecule has 1 aromatic heterocycles. The Kier molecular flexibility index (Phi) is 4.75. The number of hydrogen-bond acceptors (Lipinski definition) is 3. The Balaban J connectivity index is 1.75. The Hall–Kier alpha value is -3.21. The molecule has 0 atom stereocenters. The van der Waals surface area contributed by atoms with Gasteiger partial charge >= 0.3 is 0 Å². The van der Waals surface area contributed by atoms with E-state index in [0.29, 0.717) is 16.7 Å². The summed E-state index contributed by atoms with van der Waals surface area (Å²) in [6.07, 6.45) is 3.33. The van der Waals surface area contributed by atoms with Crippen LogP contribution in [0.5, 0.6) is 0 Å². The van der Waals surface area contributed by atoms with Gasteiger partial charge in [-0.3, -0.25) is 9.59 Å². The predicted octanol–water partition coefficient (Wildman–Crippen LogP) is 2.90. The van der Waals surface area contributed by atoms with E-state index in [2.05, 4.69) is 9.97 Å². The average Bonchev–Trinajstić information content (AvgIpc) is 2.61. The maximum atomic E-state index is 12.3. The van der Waals surface area contributed by atoms with Crippen LogP contribution in [0.3, 0.4) is 0 Å². The van der Waals surface area contributed by atoms with Crippen LogP contribution in [0.25, 0.3) is 17.0 Å². The lowest BCUT2D eigenvalue weighted by Gasteiger charge is -2.14. The van der Waals surface area contributed by atoms with Gasteiger partial charge in [-0.25, -0.2) is 4.98 Å². The molecule has 1 N–H and O–H groups in total. The molecule has 25 heavy (non-hydrogen) atoms. The van der Waals surface area contributed by atoms with Gasteiger partial charge in [0.2, 0.25) is 5.91 Å². The van der Waals surface area contributed by atoms with Crippen molar-refractivity contribution >= 4 is 22.9 Å². The molecule has 0 saturated heterocycles. The summed E-state index contributed by atoms with van der Waals surface area (Å²) in [5.74, 6) is 0.308. The molecule has 0 radical (unpaired) electrons. The van der Waals surface area contributed by atoms with Crippen molar-refractivity contribution in [1.29, 1.82) is 0 Å². The highest BCUT2D eigenvalue weighted by atomic mass is 16.2. The molecule has 0 unspecified atom stereocenters. The van der Waals surface area contributed by atoms with E-state index in [9.17, 15) is 9.59 Å². The van der Waals surface area contributed by atoms with Crippen LogP contribution < -0.4 is 5.56 Å². The fourth-order valence-corrected chi connectivity index (χ4v) is 2.57. The van der Waals surface area contributed by atoms with E-state index in [0.717, 1.165) is 11.1 Å². The van der Waals surface area contributed by atoms with Crippen molar-refractivity contribution in [2.45, 2.75) is 13.5 Å². The first-order valence-corrected chi connectivity index (χ1v) is 8.01. The van der Waals surface area contributed by atoms with Gasteiger partial charge in [-0.2, -0.15) is 0 Å². The third-order valence-electron chi connectivity index (χ3n) is 4.02. The number of amides is 1. The molecule has 5 heteroatoms. The van der Waals surface area contributed by atoms with Crippen LogP contribution in [-0.4, -0.2) is 27.8 Å². The Bertz CT molecular complexity index is 1000. The molecular formula is C20H19N3O2. The number of benzene rings is 2. The molecule has 3 aromatic rings. The number of hydrogen-bond donors (Lipinski definition) is 1. The monoisotopic (exact) mass is 333 g/mol. The highest BCUT2D eigenvalue weighted by molar-refractivity contribution is 5.91. The third-order valence-corrected chi connectivity index (χ3v) is 4.02. The predicted molar refractivity (Wildman–Crippen MR) is 99.1 cm³/mol. The molecule has 126 valence electrons. The second kappa shape index (κ2) is 7.13. The molecule has 0 aliphatic carbocycles. The topological polar surface area (TPSA) is 66.1 Å². The smallest absolute Gasteiger partial charge is 0.258 e. The molecule has 2 aromatic carbocycles. The van der Waals surface area contributed by atoms with Crippen LogP contribution in [-0.2, 0) is 11.3 Å². The number of fused-ring (bicyclic) bond motifs is 1. The zero-order chi connectivity index (χ0) is 17.8. The normalized spacial score (nSPS) is 11.1. The van der Waals surface area contributed by atoms with E-state index in [1.165, 1.54) is 11.0 Å². The van der Waals surface area contributed by atoms with Gasteiger partial charge in [0.05, 0.1) is 17.4 Å². The van der Waals surface area contributed by atoms with E-state index >= 15 is 0 Å². The molecular weight excluding hydrogens is 314 g/mol. The number of rotatable bonds is 4. The van der Waals surface area contributed by atoms with Gasteiger partial charge in [0.25, 0.3) is 5.56 Å². The van der Waals surface area contributed by atoms with Gasteiger partial charge < -0.3 is 9.88 Å². The van der Waals surface area contributed by atoms with Gasteiger partial charge in [-0.15, -0.1) is 0 Å². The van der Waals surface area contributed by atoms with E-state index in [4.69, 9.17) is 0 Å². The van der Waals surface area contributed by atoms with Crippen LogP contribution in [0.4, 0.5) is 0 Å². The molecule has 1 amide bonds. The van der Waals surface area contributed by atoms with Gasteiger partial charge in [0, 0.05) is 13.1 Å². The molecule has 1 heterocycles. The number of likely N-dealkylation sites (N-methyl/N-ethyl adjacent to an activating group) is 1. The van der Waals surface area contributed by atoms with Crippen molar-refractivity contribution in [3.63, 3.8) is 0 Å². The highest BCUT2D eigenvalue weighted by Gasteiger charge is 2.09. The first-order valence-electron chi connectivity index (χ1n) is 8.01. The summed E-state index contributed by atoms with van der Waals surface area (Å²) >= 11 is 0. The molecule has 0 aliphatic rings. The van der Waals surface area contributed by atoms with E-state index in [1.54, 1.807) is 31.3 Å². The second-order valence-electron chi connectivity index (χ2n) is 5.91. The number of para-hydroxylation sites is 1. The molecule has 0 aliphatic heterocycles. The average molecular weight is 333 g/mol. The van der Waals surface area contributed by atoms with Crippen LogP contribution in [0.15, 0.2) is 59.4 Å². The molecule has 5 nitrogen and oxygen atoms in total. The van der Waals surface area contributed by atoms with Gasteiger partial charge in [0.1, 0.15) is 5.82 Å². The minimum absolute atomic E-state index is 0.154. The summed E-state index contributed by atoms with van der Waals surface area (Å²) in [5.41, 5.74) is 2.53. The standard InChI is InChI=1S/C20H19N3O2/c1-14-7-3-4-8-15(14)11-12-19(24)23(2)13-18-21-17-10-6-5-9-16(17)20(25)22-18/h3-12H,13H2,1-2H3,(H,21,22,25)/b12-11+. The number of nitrogens with zero attached hydrogens (tertiary/aromatic N) is 2. The molecule has 0 saturated carbocycles. The first kappa shape index (κ1) is 16.6. The number of carbonyl (C=O) groups is 1. The Morgan fingerprint density at radius 3 is 2.68 bits per heavy atom. The van der Waals surface area contributed by atoms with Crippen molar-refractivity contribution in [1.82, 2.24) is 14.9 Å². The second-order valence-corrected chi connectivity index (χ2v) is 5.91. The number of carbonyl (C=O) groups excluding carboxylic acids is 1. The number of nitrogens with one attached hydrogen (secondary N) is 1. The Morgan fingerprint density at radius 1 is 1.16 bits per heavy atom. The SMILES string of the molecule is Cc1ccccc1/C=C/C(=O)N(C)Cc1nc2ccccc2c(=O)[nH]1. The molecule has 0 fully saturated rings. The number of aromatic amines is 1. The van der Waals surface area contributed by atoms with Crippen molar-refractivity contribution < 1.29 is 4.79 Å². The van der Waals surface area contributed by atoms with E-state index < -0.39 is 0 Å². The minimum Gasteiger partial charge on any atom is -0.335 e. The molecule has 3 rings (SSSR count). The maximum absolute atomic E-state index is 12.3. The molecule has 0 bridgehead atoms. The zero-order valence-electron chi connectivity index (χ0n) is 14.2. The number of aryl methyl sites for hydroxylation is 1. The van der Waals surface area contributed by atoms with E-state index in [1.807, 2.05) is 37.3 Å². The lowest BCUT2D eigenvalue weighted by Crippen LogP contribution is -2.26. The molecule has 0 spiro atoms.